The average molecular weight is 379 g/mol. The summed E-state index contributed by atoms with van der Waals surface area (Å²) < 4.78 is 13.1. The third-order valence-corrected chi connectivity index (χ3v) is 4.02. The second-order valence-electron chi connectivity index (χ2n) is 4.26. The van der Waals surface area contributed by atoms with Gasteiger partial charge in [-0.15, -0.1) is 0 Å². The van der Waals surface area contributed by atoms with E-state index in [-0.39, 0.29) is 0 Å². The Bertz CT molecular complexity index is 381. The molecule has 5 heteroatoms. The van der Waals surface area contributed by atoms with Gasteiger partial charge in [0.15, 0.2) is 0 Å². The Morgan fingerprint density at radius 3 is 2.78 bits per heavy atom. The van der Waals surface area contributed by atoms with E-state index in [0.717, 1.165) is 47.3 Å². The highest BCUT2D eigenvalue weighted by Gasteiger charge is 2.12. The van der Waals surface area contributed by atoms with Crippen LogP contribution < -0.4 is 10.1 Å². The van der Waals surface area contributed by atoms with Crippen molar-refractivity contribution in [1.82, 2.24) is 5.32 Å². The summed E-state index contributed by atoms with van der Waals surface area (Å²) in [6.07, 6.45) is 2.20. The summed E-state index contributed by atoms with van der Waals surface area (Å²) in [5, 5.41) is 3.49. The van der Waals surface area contributed by atoms with Crippen LogP contribution in [0.4, 0.5) is 0 Å². The Morgan fingerprint density at radius 1 is 1.28 bits per heavy atom. The fourth-order valence-electron chi connectivity index (χ4n) is 1.92. The van der Waals surface area contributed by atoms with Gasteiger partial charge in [-0.1, -0.05) is 15.9 Å². The van der Waals surface area contributed by atoms with Gasteiger partial charge in [0.05, 0.1) is 4.47 Å². The summed E-state index contributed by atoms with van der Waals surface area (Å²) in [7, 11) is 0. The molecular formula is C13H17Br2NO2. The van der Waals surface area contributed by atoms with Crippen LogP contribution in [0.3, 0.4) is 0 Å². The summed E-state index contributed by atoms with van der Waals surface area (Å²) in [4.78, 5) is 0. The lowest BCUT2D eigenvalue weighted by Crippen LogP contribution is -2.37. The van der Waals surface area contributed by atoms with Crippen molar-refractivity contribution in [2.45, 2.75) is 18.9 Å². The molecule has 1 saturated heterocycles. The SMILES string of the molecule is Brc1ccc(OCCNC2CCOCC2)c(Br)c1. The number of ether oxygens (including phenoxy) is 2. The van der Waals surface area contributed by atoms with E-state index in [1.165, 1.54) is 0 Å². The third-order valence-electron chi connectivity index (χ3n) is 2.91. The Morgan fingerprint density at radius 2 is 2.06 bits per heavy atom. The van der Waals surface area contributed by atoms with Crippen molar-refractivity contribution in [2.24, 2.45) is 0 Å². The third kappa shape index (κ3) is 4.53. The highest BCUT2D eigenvalue weighted by molar-refractivity contribution is 9.11. The molecular weight excluding hydrogens is 362 g/mol. The fourth-order valence-corrected chi connectivity index (χ4v) is 3.08. The van der Waals surface area contributed by atoms with E-state index in [9.17, 15) is 0 Å². The maximum Gasteiger partial charge on any atom is 0.133 e. The van der Waals surface area contributed by atoms with Gasteiger partial charge in [-0.2, -0.15) is 0 Å². The van der Waals surface area contributed by atoms with Gasteiger partial charge in [0.25, 0.3) is 0 Å². The van der Waals surface area contributed by atoms with Gasteiger partial charge in [-0.05, 0) is 47.0 Å². The van der Waals surface area contributed by atoms with Crippen molar-refractivity contribution in [1.29, 1.82) is 0 Å². The minimum atomic E-state index is 0.579. The van der Waals surface area contributed by atoms with E-state index in [2.05, 4.69) is 37.2 Å². The summed E-state index contributed by atoms with van der Waals surface area (Å²) in [5.74, 6) is 0.881. The first-order chi connectivity index (χ1) is 8.75. The van der Waals surface area contributed by atoms with Crippen LogP contribution in [0.5, 0.6) is 5.75 Å². The second kappa shape index (κ2) is 7.48. The van der Waals surface area contributed by atoms with Crippen molar-refractivity contribution in [3.8, 4) is 5.75 Å². The van der Waals surface area contributed by atoms with Crippen LogP contribution in [0.15, 0.2) is 27.1 Å². The molecule has 3 nitrogen and oxygen atoms in total. The highest BCUT2D eigenvalue weighted by atomic mass is 79.9. The van der Waals surface area contributed by atoms with Crippen LogP contribution >= 0.6 is 31.9 Å². The molecule has 0 spiro atoms. The van der Waals surface area contributed by atoms with Gasteiger partial charge in [0.2, 0.25) is 0 Å². The van der Waals surface area contributed by atoms with E-state index < -0.39 is 0 Å². The molecule has 0 saturated carbocycles. The van der Waals surface area contributed by atoms with Crippen LogP contribution in [0.1, 0.15) is 12.8 Å². The van der Waals surface area contributed by atoms with E-state index in [4.69, 9.17) is 9.47 Å². The normalized spacial score (nSPS) is 16.8. The Balaban J connectivity index is 1.68. The first kappa shape index (κ1) is 14.3. The molecule has 1 aromatic rings. The number of halogens is 2. The number of rotatable bonds is 5. The molecule has 0 radical (unpaired) electrons. The first-order valence-corrected chi connectivity index (χ1v) is 7.73. The Hall–Kier alpha value is -0.100. The number of nitrogens with one attached hydrogen (secondary N) is 1. The summed E-state index contributed by atoms with van der Waals surface area (Å²) in [6, 6.07) is 6.51. The van der Waals surface area contributed by atoms with Crippen LogP contribution in [0.2, 0.25) is 0 Å². The molecule has 1 heterocycles. The molecule has 100 valence electrons. The molecule has 0 aliphatic carbocycles. The van der Waals surface area contributed by atoms with Crippen molar-refractivity contribution < 1.29 is 9.47 Å². The van der Waals surface area contributed by atoms with Gasteiger partial charge >= 0.3 is 0 Å². The van der Waals surface area contributed by atoms with E-state index in [1.54, 1.807) is 0 Å². The number of hydrogen-bond donors (Lipinski definition) is 1. The minimum absolute atomic E-state index is 0.579. The highest BCUT2D eigenvalue weighted by Crippen LogP contribution is 2.27. The average Bonchev–Trinajstić information content (AvgIpc) is 2.38. The van der Waals surface area contributed by atoms with Crippen molar-refractivity contribution in [3.05, 3.63) is 27.1 Å². The lowest BCUT2D eigenvalue weighted by Gasteiger charge is -2.23. The molecule has 0 unspecified atom stereocenters. The van der Waals surface area contributed by atoms with E-state index in [0.29, 0.717) is 12.6 Å². The van der Waals surface area contributed by atoms with Crippen molar-refractivity contribution in [2.75, 3.05) is 26.4 Å². The monoisotopic (exact) mass is 377 g/mol. The number of benzene rings is 1. The predicted octanol–water partition coefficient (Wildman–Crippen LogP) is 3.36. The molecule has 1 fully saturated rings. The molecule has 1 aromatic carbocycles. The van der Waals surface area contributed by atoms with Crippen LogP contribution in [-0.2, 0) is 4.74 Å². The lowest BCUT2D eigenvalue weighted by atomic mass is 10.1. The maximum atomic E-state index is 5.72. The second-order valence-corrected chi connectivity index (χ2v) is 6.03. The van der Waals surface area contributed by atoms with E-state index in [1.807, 2.05) is 18.2 Å². The molecule has 1 aliphatic heterocycles. The molecule has 2 rings (SSSR count). The maximum absolute atomic E-state index is 5.72. The predicted molar refractivity (Wildman–Crippen MR) is 79.2 cm³/mol. The largest absolute Gasteiger partial charge is 0.491 e. The van der Waals surface area contributed by atoms with Gasteiger partial charge in [-0.25, -0.2) is 0 Å². The molecule has 0 amide bonds. The minimum Gasteiger partial charge on any atom is -0.491 e. The zero-order valence-corrected chi connectivity index (χ0v) is 13.3. The quantitative estimate of drug-likeness (QED) is 0.797. The van der Waals surface area contributed by atoms with Gasteiger partial charge < -0.3 is 14.8 Å². The fraction of sp³-hybridized carbons (Fsp3) is 0.538. The topological polar surface area (TPSA) is 30.5 Å². The summed E-state index contributed by atoms with van der Waals surface area (Å²) in [6.45, 7) is 3.29. The van der Waals surface area contributed by atoms with Gasteiger partial charge in [0.1, 0.15) is 12.4 Å². The summed E-state index contributed by atoms with van der Waals surface area (Å²) in [5.41, 5.74) is 0. The van der Waals surface area contributed by atoms with Gasteiger partial charge in [-0.3, -0.25) is 0 Å². The molecule has 1 aliphatic rings. The van der Waals surface area contributed by atoms with Crippen molar-refractivity contribution in [3.63, 3.8) is 0 Å². The Kier molecular flexibility index (Phi) is 5.95. The zero-order valence-electron chi connectivity index (χ0n) is 10.1. The molecule has 0 atom stereocenters. The van der Waals surface area contributed by atoms with Gasteiger partial charge in [0, 0.05) is 30.3 Å². The smallest absolute Gasteiger partial charge is 0.133 e. The first-order valence-electron chi connectivity index (χ1n) is 6.14. The number of hydrogen-bond acceptors (Lipinski definition) is 3. The molecule has 0 bridgehead atoms. The standard InChI is InChI=1S/C13H17Br2NO2/c14-10-1-2-13(12(15)9-10)18-8-5-16-11-3-6-17-7-4-11/h1-2,9,11,16H,3-8H2. The molecule has 1 N–H and O–H groups in total. The van der Waals surface area contributed by atoms with Crippen LogP contribution in [0.25, 0.3) is 0 Å². The summed E-state index contributed by atoms with van der Waals surface area (Å²) >= 11 is 6.90. The Labute approximate surface area is 124 Å². The van der Waals surface area contributed by atoms with Crippen molar-refractivity contribution >= 4 is 31.9 Å². The lowest BCUT2D eigenvalue weighted by molar-refractivity contribution is 0.0770. The van der Waals surface area contributed by atoms with Crippen LogP contribution in [0, 0.1) is 0 Å². The van der Waals surface area contributed by atoms with E-state index >= 15 is 0 Å². The van der Waals surface area contributed by atoms with Crippen LogP contribution in [-0.4, -0.2) is 32.4 Å². The molecule has 18 heavy (non-hydrogen) atoms. The molecule has 0 aromatic heterocycles. The zero-order chi connectivity index (χ0) is 12.8.